The van der Waals surface area contributed by atoms with E-state index in [0.717, 1.165) is 33.8 Å². The molecular formula is C33H26N2O8S3. The predicted molar refractivity (Wildman–Crippen MR) is 180 cm³/mol. The van der Waals surface area contributed by atoms with Crippen LogP contribution in [-0.4, -0.2) is 72.8 Å². The largest absolute Gasteiger partial charge is 0.497 e. The Balaban J connectivity index is 1.43. The van der Waals surface area contributed by atoms with Crippen LogP contribution in [-0.2, 0) is 23.9 Å². The number of ether oxygens (including phenoxy) is 3. The molecule has 3 aliphatic heterocycles. The first kappa shape index (κ1) is 31.5. The van der Waals surface area contributed by atoms with Crippen LogP contribution in [0.15, 0.2) is 68.6 Å². The van der Waals surface area contributed by atoms with Crippen LogP contribution >= 0.6 is 35.7 Å². The number of thioether (sulfide) groups is 2. The van der Waals surface area contributed by atoms with Crippen LogP contribution in [0.4, 0.5) is 5.69 Å². The van der Waals surface area contributed by atoms with E-state index in [-0.39, 0.29) is 9.81 Å². The maximum atomic E-state index is 14.3. The summed E-state index contributed by atoms with van der Waals surface area (Å²) in [5.41, 5.74) is 1.01. The third kappa shape index (κ3) is 4.81. The highest BCUT2D eigenvalue weighted by Gasteiger charge is 2.47. The molecule has 0 radical (unpaired) electrons. The van der Waals surface area contributed by atoms with Crippen molar-refractivity contribution in [3.8, 4) is 5.75 Å². The number of benzene rings is 3. The highest BCUT2D eigenvalue weighted by atomic mass is 32.2. The van der Waals surface area contributed by atoms with Crippen LogP contribution < -0.4 is 9.64 Å². The summed E-state index contributed by atoms with van der Waals surface area (Å²) < 4.78 is 15.9. The molecule has 0 unspecified atom stereocenters. The summed E-state index contributed by atoms with van der Waals surface area (Å²) in [4.78, 5) is 69.7. The highest BCUT2D eigenvalue weighted by Crippen LogP contribution is 2.56. The van der Waals surface area contributed by atoms with Gasteiger partial charge >= 0.3 is 11.9 Å². The second kappa shape index (κ2) is 11.7. The second-order valence-electron chi connectivity index (χ2n) is 10.9. The average molecular weight is 675 g/mol. The maximum Gasteiger partial charge on any atom is 0.346 e. The summed E-state index contributed by atoms with van der Waals surface area (Å²) in [5, 5.41) is 1.33. The molecule has 3 aromatic carbocycles. The molecule has 0 saturated carbocycles. The second-order valence-corrected chi connectivity index (χ2v) is 13.6. The lowest BCUT2D eigenvalue weighted by molar-refractivity contribution is -0.138. The number of anilines is 1. The van der Waals surface area contributed by atoms with Gasteiger partial charge in [-0.1, -0.05) is 60.0 Å². The van der Waals surface area contributed by atoms with Crippen LogP contribution in [0.25, 0.3) is 16.3 Å². The molecule has 3 amide bonds. The third-order valence-electron chi connectivity index (χ3n) is 8.00. The van der Waals surface area contributed by atoms with Crippen molar-refractivity contribution >= 4 is 92.3 Å². The van der Waals surface area contributed by atoms with Crippen molar-refractivity contribution < 1.29 is 38.2 Å². The van der Waals surface area contributed by atoms with E-state index in [1.165, 1.54) is 26.2 Å². The number of methoxy groups -OCH3 is 3. The lowest BCUT2D eigenvalue weighted by atomic mass is 9.83. The van der Waals surface area contributed by atoms with Gasteiger partial charge in [-0.15, -0.1) is 0 Å². The fraction of sp³-hybridized carbons (Fsp3) is 0.212. The smallest absolute Gasteiger partial charge is 0.346 e. The Bertz CT molecular complexity index is 1920. The van der Waals surface area contributed by atoms with E-state index in [9.17, 15) is 24.0 Å². The number of rotatable bonds is 5. The van der Waals surface area contributed by atoms with Crippen molar-refractivity contribution in [2.45, 2.75) is 19.4 Å². The van der Waals surface area contributed by atoms with Gasteiger partial charge in [0.05, 0.1) is 41.7 Å². The first-order valence-electron chi connectivity index (χ1n) is 13.9. The Hall–Kier alpha value is -4.46. The van der Waals surface area contributed by atoms with Gasteiger partial charge in [0.2, 0.25) is 5.91 Å². The number of esters is 2. The van der Waals surface area contributed by atoms with Gasteiger partial charge in [0.1, 0.15) is 22.1 Å². The zero-order chi connectivity index (χ0) is 33.1. The molecule has 13 heteroatoms. The monoisotopic (exact) mass is 674 g/mol. The molecule has 0 N–H and O–H groups in total. The normalized spacial score (nSPS) is 17.0. The van der Waals surface area contributed by atoms with Gasteiger partial charge in [0, 0.05) is 27.6 Å². The minimum absolute atomic E-state index is 0.0582. The molecule has 3 heterocycles. The van der Waals surface area contributed by atoms with Crippen LogP contribution in [0, 0.1) is 0 Å². The highest BCUT2D eigenvalue weighted by molar-refractivity contribution is 8.29. The van der Waals surface area contributed by atoms with E-state index in [1.807, 2.05) is 12.1 Å². The van der Waals surface area contributed by atoms with Crippen LogP contribution in [0.3, 0.4) is 0 Å². The molecule has 10 nitrogen and oxygen atoms in total. The van der Waals surface area contributed by atoms with Crippen molar-refractivity contribution in [2.75, 3.05) is 32.8 Å². The molecule has 0 spiro atoms. The van der Waals surface area contributed by atoms with Crippen LogP contribution in [0.5, 0.6) is 5.75 Å². The van der Waals surface area contributed by atoms with Crippen molar-refractivity contribution in [2.24, 2.45) is 0 Å². The number of hydrogen-bond acceptors (Lipinski definition) is 11. The number of carbonyl (C=O) groups is 5. The van der Waals surface area contributed by atoms with Crippen molar-refractivity contribution in [3.63, 3.8) is 0 Å². The van der Waals surface area contributed by atoms with Crippen LogP contribution in [0.2, 0.25) is 0 Å². The molecule has 234 valence electrons. The van der Waals surface area contributed by atoms with E-state index >= 15 is 0 Å². The number of imide groups is 1. The van der Waals surface area contributed by atoms with Gasteiger partial charge in [-0.05, 0) is 49.6 Å². The molecule has 0 aliphatic carbocycles. The number of fused-ring (bicyclic) bond motifs is 1. The zero-order valence-corrected chi connectivity index (χ0v) is 27.7. The van der Waals surface area contributed by atoms with E-state index < -0.39 is 41.7 Å². The Kier molecular flexibility index (Phi) is 8.03. The summed E-state index contributed by atoms with van der Waals surface area (Å²) in [6, 6.07) is 15.5. The van der Waals surface area contributed by atoms with Gasteiger partial charge in [-0.2, -0.15) is 0 Å². The number of nitrogens with zero attached hydrogens (tertiary/aromatic N) is 2. The fourth-order valence-electron chi connectivity index (χ4n) is 5.80. The number of amides is 3. The Morgan fingerprint density at radius 3 is 1.91 bits per heavy atom. The SMILES string of the molecule is COC(=O)C1=C(C(=O)OC)SC(=C2C(=S)C(C)(C)N(C(=O)CN3C(=O)c4cccc5cccc(c45)C3=O)c3ccc(OC)cc32)S1. The Morgan fingerprint density at radius 2 is 1.39 bits per heavy atom. The molecule has 0 bridgehead atoms. The molecule has 0 atom stereocenters. The molecule has 0 aromatic heterocycles. The Labute approximate surface area is 277 Å². The minimum atomic E-state index is -1.16. The van der Waals surface area contributed by atoms with Gasteiger partial charge in [0.15, 0.2) is 0 Å². The number of carbonyl (C=O) groups excluding carboxylic acids is 5. The first-order chi connectivity index (χ1) is 21.9. The van der Waals surface area contributed by atoms with Gasteiger partial charge in [-0.3, -0.25) is 24.2 Å². The summed E-state index contributed by atoms with van der Waals surface area (Å²) in [6.45, 7) is 2.99. The minimum Gasteiger partial charge on any atom is -0.497 e. The number of thiocarbonyl (C=S) groups is 1. The third-order valence-corrected chi connectivity index (χ3v) is 11.3. The van der Waals surface area contributed by atoms with E-state index in [1.54, 1.807) is 56.3 Å². The standard InChI is InChI=1S/C33H26N2O8S3/c1-33(2)27(44)24(32-45-25(30(39)42-4)26(46-32)31(40)43-5)20-14-17(41-3)12-13-21(20)35(33)22(36)15-34-28(37)18-10-6-8-16-9-7-11-19(23(16)18)29(34)38/h6-14H,15H2,1-5H3. The summed E-state index contributed by atoms with van der Waals surface area (Å²) in [5.74, 6) is -2.59. The summed E-state index contributed by atoms with van der Waals surface area (Å²) >= 11 is 8.11. The van der Waals surface area contributed by atoms with E-state index in [0.29, 0.717) is 48.2 Å². The topological polar surface area (TPSA) is 120 Å². The van der Waals surface area contributed by atoms with Gasteiger partial charge < -0.3 is 14.2 Å². The van der Waals surface area contributed by atoms with Crippen molar-refractivity contribution in [1.82, 2.24) is 4.90 Å². The predicted octanol–water partition coefficient (Wildman–Crippen LogP) is 5.35. The van der Waals surface area contributed by atoms with Crippen LogP contribution in [0.1, 0.15) is 40.1 Å². The summed E-state index contributed by atoms with van der Waals surface area (Å²) in [6.07, 6.45) is 0. The van der Waals surface area contributed by atoms with E-state index in [4.69, 9.17) is 26.4 Å². The van der Waals surface area contributed by atoms with Crippen molar-refractivity contribution in [3.05, 3.63) is 85.3 Å². The molecule has 3 aromatic rings. The zero-order valence-electron chi connectivity index (χ0n) is 25.3. The fourth-order valence-corrected chi connectivity index (χ4v) is 8.84. The van der Waals surface area contributed by atoms with E-state index in [2.05, 4.69) is 0 Å². The quantitative estimate of drug-likeness (QED) is 0.151. The summed E-state index contributed by atoms with van der Waals surface area (Å²) in [7, 11) is 3.94. The molecule has 0 fully saturated rings. The maximum absolute atomic E-state index is 14.3. The first-order valence-corrected chi connectivity index (χ1v) is 15.9. The molecular weight excluding hydrogens is 649 g/mol. The lowest BCUT2D eigenvalue weighted by Gasteiger charge is -2.45. The Morgan fingerprint density at radius 1 is 0.826 bits per heavy atom. The molecule has 6 rings (SSSR count). The van der Waals surface area contributed by atoms with Gasteiger partial charge in [0.25, 0.3) is 11.8 Å². The van der Waals surface area contributed by atoms with Gasteiger partial charge in [-0.25, -0.2) is 9.59 Å². The molecule has 46 heavy (non-hydrogen) atoms. The van der Waals surface area contributed by atoms with Crippen molar-refractivity contribution in [1.29, 1.82) is 0 Å². The number of hydrogen-bond donors (Lipinski definition) is 0. The average Bonchev–Trinajstić information content (AvgIpc) is 3.50. The molecule has 3 aliphatic rings. The molecule has 0 saturated heterocycles. The lowest BCUT2D eigenvalue weighted by Crippen LogP contribution is -2.59.